The summed E-state index contributed by atoms with van der Waals surface area (Å²) in [5.74, 6) is 0.881. The van der Waals surface area contributed by atoms with Crippen LogP contribution in [0.25, 0.3) is 0 Å². The molecule has 7 heteroatoms. The third-order valence-corrected chi connectivity index (χ3v) is 5.39. The summed E-state index contributed by atoms with van der Waals surface area (Å²) in [6.07, 6.45) is 11.6. The minimum Gasteiger partial charge on any atom is -0.385 e. The Labute approximate surface area is 183 Å². The van der Waals surface area contributed by atoms with E-state index in [0.717, 1.165) is 32.6 Å². The van der Waals surface area contributed by atoms with E-state index in [1.165, 1.54) is 37.7 Å². The molecule has 0 radical (unpaired) electrons. The van der Waals surface area contributed by atoms with Crippen molar-refractivity contribution < 1.29 is 9.53 Å². The zero-order chi connectivity index (χ0) is 22.2. The number of carbonyl (C=O) groups is 1. The molecular weight excluding hydrogens is 378 g/mol. The van der Waals surface area contributed by atoms with E-state index in [1.807, 2.05) is 19.4 Å². The number of ether oxygens (including phenoxy) is 1. The van der Waals surface area contributed by atoms with Gasteiger partial charge in [0.05, 0.1) is 6.20 Å². The molecule has 1 aliphatic rings. The fourth-order valence-electron chi connectivity index (χ4n) is 3.81. The minimum absolute atomic E-state index is 0.327. The second-order valence-corrected chi connectivity index (χ2v) is 8.78. The zero-order valence-corrected chi connectivity index (χ0v) is 20.0. The summed E-state index contributed by atoms with van der Waals surface area (Å²) < 4.78 is 5.03. The summed E-state index contributed by atoms with van der Waals surface area (Å²) in [5.41, 5.74) is 1.23. The van der Waals surface area contributed by atoms with Crippen molar-refractivity contribution in [3.8, 4) is 0 Å². The molecule has 0 aromatic carbocycles. The van der Waals surface area contributed by atoms with Crippen molar-refractivity contribution in [1.29, 1.82) is 0 Å². The number of aromatic amines is 1. The zero-order valence-electron chi connectivity index (χ0n) is 20.0. The first-order chi connectivity index (χ1) is 14.5. The normalized spacial score (nSPS) is 14.6. The molecule has 1 amide bonds. The lowest BCUT2D eigenvalue weighted by Gasteiger charge is -2.35. The summed E-state index contributed by atoms with van der Waals surface area (Å²) >= 11 is 0. The Morgan fingerprint density at radius 3 is 2.63 bits per heavy atom. The van der Waals surface area contributed by atoms with Crippen LogP contribution in [-0.4, -0.2) is 79.4 Å². The quantitative estimate of drug-likeness (QED) is 0.505. The van der Waals surface area contributed by atoms with Crippen molar-refractivity contribution >= 4 is 5.91 Å². The first kappa shape index (κ1) is 26.6. The Balaban J connectivity index is 0.000000325. The van der Waals surface area contributed by atoms with Gasteiger partial charge in [-0.3, -0.25) is 9.89 Å². The van der Waals surface area contributed by atoms with Gasteiger partial charge in [0.2, 0.25) is 5.91 Å². The van der Waals surface area contributed by atoms with E-state index in [1.54, 1.807) is 7.11 Å². The molecule has 1 aromatic rings. The number of aromatic nitrogens is 2. The van der Waals surface area contributed by atoms with E-state index in [4.69, 9.17) is 4.74 Å². The van der Waals surface area contributed by atoms with Crippen LogP contribution in [0.15, 0.2) is 12.4 Å². The second-order valence-electron chi connectivity index (χ2n) is 8.78. The number of rotatable bonds is 12. The monoisotopic (exact) mass is 423 g/mol. The van der Waals surface area contributed by atoms with Crippen molar-refractivity contribution in [3.63, 3.8) is 0 Å². The molecular formula is C23H45N5O2. The number of nitrogens with zero attached hydrogens (tertiary/aromatic N) is 3. The van der Waals surface area contributed by atoms with Crippen molar-refractivity contribution in [2.24, 2.45) is 5.92 Å². The summed E-state index contributed by atoms with van der Waals surface area (Å²) in [6.45, 7) is 9.02. The topological polar surface area (TPSA) is 73.5 Å². The number of likely N-dealkylation sites (N-methyl/N-ethyl adjacent to an activating group) is 2. The Hall–Kier alpha value is -1.44. The molecule has 1 fully saturated rings. The van der Waals surface area contributed by atoms with Crippen LogP contribution in [0.5, 0.6) is 0 Å². The number of amides is 1. The summed E-state index contributed by atoms with van der Waals surface area (Å²) in [6, 6.07) is 0.496. The van der Waals surface area contributed by atoms with Crippen LogP contribution < -0.4 is 5.32 Å². The van der Waals surface area contributed by atoms with E-state index < -0.39 is 0 Å². The molecule has 1 aliphatic carbocycles. The highest BCUT2D eigenvalue weighted by Crippen LogP contribution is 2.24. The van der Waals surface area contributed by atoms with E-state index >= 15 is 0 Å². The molecule has 0 saturated heterocycles. The minimum atomic E-state index is 0.327. The molecule has 2 rings (SSSR count). The summed E-state index contributed by atoms with van der Waals surface area (Å²) in [4.78, 5) is 16.7. The van der Waals surface area contributed by atoms with Crippen molar-refractivity contribution in [1.82, 2.24) is 25.3 Å². The lowest BCUT2D eigenvalue weighted by Crippen LogP contribution is -2.43. The number of hydrogen-bond acceptors (Lipinski definition) is 5. The highest BCUT2D eigenvalue weighted by Gasteiger charge is 2.25. The summed E-state index contributed by atoms with van der Waals surface area (Å²) in [7, 11) is 5.76. The van der Waals surface area contributed by atoms with Crippen LogP contribution in [0.1, 0.15) is 64.4 Å². The average Bonchev–Trinajstić information content (AvgIpc) is 3.24. The van der Waals surface area contributed by atoms with Gasteiger partial charge in [0, 0.05) is 64.1 Å². The van der Waals surface area contributed by atoms with Gasteiger partial charge < -0.3 is 19.9 Å². The van der Waals surface area contributed by atoms with Crippen molar-refractivity contribution in [3.05, 3.63) is 18.0 Å². The number of nitrogens with one attached hydrogen (secondary N) is 2. The van der Waals surface area contributed by atoms with Gasteiger partial charge in [-0.25, -0.2) is 0 Å². The maximum Gasteiger partial charge on any atom is 0.222 e. The SMILES string of the molecule is CNCCN(C)Cc1cn[nH]c1.COCCCC(=O)N(CC(C)C)C1CCCCC1. The molecule has 30 heavy (non-hydrogen) atoms. The van der Waals surface area contributed by atoms with Gasteiger partial charge in [0.15, 0.2) is 0 Å². The van der Waals surface area contributed by atoms with Gasteiger partial charge in [0.25, 0.3) is 0 Å². The highest BCUT2D eigenvalue weighted by atomic mass is 16.5. The Morgan fingerprint density at radius 2 is 2.07 bits per heavy atom. The van der Waals surface area contributed by atoms with E-state index in [0.29, 0.717) is 30.9 Å². The van der Waals surface area contributed by atoms with Crippen LogP contribution in [0, 0.1) is 5.92 Å². The van der Waals surface area contributed by atoms with E-state index in [9.17, 15) is 4.79 Å². The van der Waals surface area contributed by atoms with Crippen LogP contribution in [0.4, 0.5) is 0 Å². The molecule has 0 bridgehead atoms. The fourth-order valence-corrected chi connectivity index (χ4v) is 3.81. The third-order valence-electron chi connectivity index (χ3n) is 5.39. The molecule has 1 saturated carbocycles. The summed E-state index contributed by atoms with van der Waals surface area (Å²) in [5, 5.41) is 9.80. The second kappa shape index (κ2) is 16.3. The van der Waals surface area contributed by atoms with Crippen LogP contribution in [0.3, 0.4) is 0 Å². The third kappa shape index (κ3) is 11.7. The molecule has 1 aromatic heterocycles. The molecule has 0 aliphatic heterocycles. The Morgan fingerprint density at radius 1 is 1.33 bits per heavy atom. The number of carbonyl (C=O) groups excluding carboxylic acids is 1. The van der Waals surface area contributed by atoms with Crippen LogP contribution in [0.2, 0.25) is 0 Å². The lowest BCUT2D eigenvalue weighted by molar-refractivity contribution is -0.135. The maximum atomic E-state index is 12.3. The van der Waals surface area contributed by atoms with E-state index in [2.05, 4.69) is 46.2 Å². The van der Waals surface area contributed by atoms with Gasteiger partial charge in [-0.15, -0.1) is 0 Å². The number of hydrogen-bond donors (Lipinski definition) is 2. The maximum absolute atomic E-state index is 12.3. The predicted molar refractivity (Wildman–Crippen MR) is 123 cm³/mol. The average molecular weight is 424 g/mol. The van der Waals surface area contributed by atoms with Gasteiger partial charge >= 0.3 is 0 Å². The van der Waals surface area contributed by atoms with Crippen molar-refractivity contribution in [2.45, 2.75) is 71.4 Å². The molecule has 7 nitrogen and oxygen atoms in total. The van der Waals surface area contributed by atoms with Crippen molar-refractivity contribution in [2.75, 3.05) is 47.4 Å². The van der Waals surface area contributed by atoms with Gasteiger partial charge in [-0.05, 0) is 39.3 Å². The largest absolute Gasteiger partial charge is 0.385 e. The molecule has 1 heterocycles. The molecule has 0 unspecified atom stereocenters. The molecule has 174 valence electrons. The molecule has 0 spiro atoms. The van der Waals surface area contributed by atoms with E-state index in [-0.39, 0.29) is 0 Å². The fraction of sp³-hybridized carbons (Fsp3) is 0.826. The molecule has 2 N–H and O–H groups in total. The van der Waals surface area contributed by atoms with Crippen LogP contribution >= 0.6 is 0 Å². The van der Waals surface area contributed by atoms with Gasteiger partial charge in [-0.1, -0.05) is 33.1 Å². The van der Waals surface area contributed by atoms with Gasteiger partial charge in [0.1, 0.15) is 0 Å². The lowest BCUT2D eigenvalue weighted by atomic mass is 9.93. The Kier molecular flexibility index (Phi) is 14.4. The number of H-pyrrole nitrogens is 1. The first-order valence-electron chi connectivity index (χ1n) is 11.6. The standard InChI is InChI=1S/C15H29NO2.C8H16N4/c1-13(2)12-16(14-8-5-4-6-9-14)15(17)10-7-11-18-3;1-9-3-4-12(2)7-8-5-10-11-6-8/h13-14H,4-12H2,1-3H3;5-6,9H,3-4,7H2,1-2H3,(H,10,11). The number of methoxy groups -OCH3 is 1. The first-order valence-corrected chi connectivity index (χ1v) is 11.6. The smallest absolute Gasteiger partial charge is 0.222 e. The highest BCUT2D eigenvalue weighted by molar-refractivity contribution is 5.76. The molecule has 0 atom stereocenters. The van der Waals surface area contributed by atoms with Crippen LogP contribution in [-0.2, 0) is 16.1 Å². The predicted octanol–water partition coefficient (Wildman–Crippen LogP) is 3.29. The van der Waals surface area contributed by atoms with Gasteiger partial charge in [-0.2, -0.15) is 5.10 Å². The Bertz CT molecular complexity index is 530.